The zero-order valence-corrected chi connectivity index (χ0v) is 12.8. The van der Waals surface area contributed by atoms with E-state index in [1.54, 1.807) is 0 Å². The van der Waals surface area contributed by atoms with Crippen molar-refractivity contribution in [1.29, 1.82) is 0 Å². The van der Waals surface area contributed by atoms with Crippen LogP contribution in [0.4, 0.5) is 0 Å². The molecule has 1 atom stereocenters. The highest BCUT2D eigenvalue weighted by Crippen LogP contribution is 2.16. The lowest BCUT2D eigenvalue weighted by molar-refractivity contribution is -0.0167. The smallest absolute Gasteiger partial charge is 0.255 e. The van der Waals surface area contributed by atoms with Crippen molar-refractivity contribution in [3.8, 4) is 0 Å². The molecule has 1 aromatic carbocycles. The fourth-order valence-electron chi connectivity index (χ4n) is 1.85. The first-order valence-corrected chi connectivity index (χ1v) is 6.65. The van der Waals surface area contributed by atoms with Crippen molar-refractivity contribution in [3.63, 3.8) is 0 Å². The summed E-state index contributed by atoms with van der Waals surface area (Å²) in [5, 5.41) is 0. The number of carbonyl (C=O) groups is 1. The fraction of sp³-hybridized carbons (Fsp3) is 0.417. The molecule has 0 spiro atoms. The van der Waals surface area contributed by atoms with Crippen molar-refractivity contribution >= 4 is 40.9 Å². The molecule has 1 fully saturated rings. The van der Waals surface area contributed by atoms with Crippen molar-refractivity contribution < 1.29 is 9.53 Å². The first kappa shape index (κ1) is 15.7. The highest BCUT2D eigenvalue weighted by atomic mass is 127. The van der Waals surface area contributed by atoms with Crippen LogP contribution in [0.3, 0.4) is 0 Å². The summed E-state index contributed by atoms with van der Waals surface area (Å²) >= 11 is 2.18. The molecule has 2 rings (SSSR count). The quantitative estimate of drug-likeness (QED) is 0.789. The van der Waals surface area contributed by atoms with Crippen molar-refractivity contribution in [2.24, 2.45) is 5.73 Å². The van der Waals surface area contributed by atoms with E-state index in [4.69, 9.17) is 10.5 Å². The molecule has 0 radical (unpaired) electrons. The van der Waals surface area contributed by atoms with E-state index in [2.05, 4.69) is 22.6 Å². The molecule has 1 aromatic rings. The Bertz CT molecular complexity index is 417. The Morgan fingerprint density at radius 1 is 1.50 bits per heavy atom. The zero-order valence-electron chi connectivity index (χ0n) is 9.84. The van der Waals surface area contributed by atoms with Gasteiger partial charge in [-0.1, -0.05) is 12.1 Å². The molecule has 1 heterocycles. The van der Waals surface area contributed by atoms with Gasteiger partial charge in [0.1, 0.15) is 0 Å². The lowest BCUT2D eigenvalue weighted by Crippen LogP contribution is -2.48. The van der Waals surface area contributed by atoms with Gasteiger partial charge in [-0.3, -0.25) is 4.79 Å². The zero-order chi connectivity index (χ0) is 12.3. The summed E-state index contributed by atoms with van der Waals surface area (Å²) < 4.78 is 6.43. The van der Waals surface area contributed by atoms with E-state index in [1.807, 2.05) is 29.2 Å². The molecule has 1 aliphatic rings. The molecule has 0 saturated carbocycles. The molecule has 0 bridgehead atoms. The van der Waals surface area contributed by atoms with Crippen LogP contribution in [0.15, 0.2) is 24.3 Å². The summed E-state index contributed by atoms with van der Waals surface area (Å²) in [6.07, 6.45) is -0.0333. The maximum absolute atomic E-state index is 12.3. The molecule has 1 saturated heterocycles. The Morgan fingerprint density at radius 2 is 2.22 bits per heavy atom. The number of rotatable bonds is 2. The molecule has 4 nitrogen and oxygen atoms in total. The summed E-state index contributed by atoms with van der Waals surface area (Å²) in [6, 6.07) is 7.61. The van der Waals surface area contributed by atoms with Crippen molar-refractivity contribution in [3.05, 3.63) is 33.4 Å². The van der Waals surface area contributed by atoms with Crippen LogP contribution < -0.4 is 5.73 Å². The second kappa shape index (κ2) is 7.28. The summed E-state index contributed by atoms with van der Waals surface area (Å²) in [4.78, 5) is 14.1. The Morgan fingerprint density at radius 3 is 2.89 bits per heavy atom. The van der Waals surface area contributed by atoms with Crippen LogP contribution in [0, 0.1) is 3.57 Å². The van der Waals surface area contributed by atoms with Crippen LogP contribution >= 0.6 is 35.0 Å². The third kappa shape index (κ3) is 3.57. The molecule has 100 valence electrons. The van der Waals surface area contributed by atoms with Gasteiger partial charge < -0.3 is 15.4 Å². The van der Waals surface area contributed by atoms with Gasteiger partial charge in [-0.05, 0) is 34.7 Å². The summed E-state index contributed by atoms with van der Waals surface area (Å²) in [6.45, 7) is 2.24. The number of hydrogen-bond acceptors (Lipinski definition) is 3. The van der Waals surface area contributed by atoms with Crippen LogP contribution in [-0.4, -0.2) is 43.2 Å². The molecular formula is C12H16ClIN2O2. The van der Waals surface area contributed by atoms with E-state index >= 15 is 0 Å². The second-order valence-electron chi connectivity index (χ2n) is 3.96. The average molecular weight is 383 g/mol. The number of nitrogens with zero attached hydrogens (tertiary/aromatic N) is 1. The van der Waals surface area contributed by atoms with Gasteiger partial charge in [0, 0.05) is 23.2 Å². The van der Waals surface area contributed by atoms with E-state index in [-0.39, 0.29) is 24.4 Å². The van der Waals surface area contributed by atoms with Crippen LogP contribution in [0.25, 0.3) is 0 Å². The van der Waals surface area contributed by atoms with Gasteiger partial charge in [-0.15, -0.1) is 12.4 Å². The number of carbonyl (C=O) groups excluding carboxylic acids is 1. The molecule has 6 heteroatoms. The van der Waals surface area contributed by atoms with Gasteiger partial charge in [-0.2, -0.15) is 0 Å². The predicted molar refractivity (Wildman–Crippen MR) is 81.1 cm³/mol. The molecular weight excluding hydrogens is 367 g/mol. The largest absolute Gasteiger partial charge is 0.373 e. The molecule has 1 amide bonds. The number of morpholine rings is 1. The Kier molecular flexibility index (Phi) is 6.34. The number of ether oxygens (including phenoxy) is 1. The first-order chi connectivity index (χ1) is 8.22. The number of benzene rings is 1. The topological polar surface area (TPSA) is 55.6 Å². The number of halogens is 2. The predicted octanol–water partition coefficient (Wildman–Crippen LogP) is 1.51. The van der Waals surface area contributed by atoms with Gasteiger partial charge >= 0.3 is 0 Å². The third-order valence-electron chi connectivity index (χ3n) is 2.79. The maximum atomic E-state index is 12.3. The van der Waals surface area contributed by atoms with E-state index in [9.17, 15) is 4.79 Å². The molecule has 1 unspecified atom stereocenters. The summed E-state index contributed by atoms with van der Waals surface area (Å²) in [7, 11) is 0. The molecule has 0 aliphatic carbocycles. The minimum absolute atomic E-state index is 0. The standard InChI is InChI=1S/C12H15IN2O2.ClH/c13-11-4-2-1-3-10(11)12(16)15-5-6-17-9(7-14)8-15;/h1-4,9H,5-8,14H2;1H. The Labute approximate surface area is 126 Å². The van der Waals surface area contributed by atoms with Crippen LogP contribution in [0.1, 0.15) is 10.4 Å². The third-order valence-corrected chi connectivity index (χ3v) is 3.73. The number of hydrogen-bond donors (Lipinski definition) is 1. The van der Waals surface area contributed by atoms with Gasteiger partial charge in [0.2, 0.25) is 0 Å². The van der Waals surface area contributed by atoms with Gasteiger partial charge in [0.15, 0.2) is 0 Å². The second-order valence-corrected chi connectivity index (χ2v) is 5.12. The number of amides is 1. The molecule has 0 aromatic heterocycles. The Hall–Kier alpha value is -0.370. The minimum atomic E-state index is -0.0333. The van der Waals surface area contributed by atoms with E-state index in [1.165, 1.54) is 0 Å². The summed E-state index contributed by atoms with van der Waals surface area (Å²) in [5.41, 5.74) is 6.33. The van der Waals surface area contributed by atoms with Crippen LogP contribution in [0.5, 0.6) is 0 Å². The van der Waals surface area contributed by atoms with Crippen molar-refractivity contribution in [2.45, 2.75) is 6.10 Å². The summed E-state index contributed by atoms with van der Waals surface area (Å²) in [5.74, 6) is 0.0664. The normalized spacial score (nSPS) is 19.2. The lowest BCUT2D eigenvalue weighted by Gasteiger charge is -2.32. The van der Waals surface area contributed by atoms with E-state index in [0.29, 0.717) is 26.2 Å². The average Bonchev–Trinajstić information content (AvgIpc) is 2.38. The first-order valence-electron chi connectivity index (χ1n) is 5.58. The monoisotopic (exact) mass is 382 g/mol. The highest BCUT2D eigenvalue weighted by molar-refractivity contribution is 14.1. The molecule has 1 aliphatic heterocycles. The maximum Gasteiger partial charge on any atom is 0.255 e. The van der Waals surface area contributed by atoms with Crippen LogP contribution in [0.2, 0.25) is 0 Å². The molecule has 18 heavy (non-hydrogen) atoms. The van der Waals surface area contributed by atoms with E-state index in [0.717, 1.165) is 9.13 Å². The van der Waals surface area contributed by atoms with Gasteiger partial charge in [0.05, 0.1) is 18.3 Å². The minimum Gasteiger partial charge on any atom is -0.373 e. The van der Waals surface area contributed by atoms with Crippen molar-refractivity contribution in [1.82, 2.24) is 4.90 Å². The number of nitrogens with two attached hydrogens (primary N) is 1. The fourth-order valence-corrected chi connectivity index (χ4v) is 2.47. The van der Waals surface area contributed by atoms with Crippen molar-refractivity contribution in [2.75, 3.05) is 26.2 Å². The SMILES string of the molecule is Cl.NCC1CN(C(=O)c2ccccc2I)CCO1. The highest BCUT2D eigenvalue weighted by Gasteiger charge is 2.24. The van der Waals surface area contributed by atoms with Gasteiger partial charge in [-0.25, -0.2) is 0 Å². The lowest BCUT2D eigenvalue weighted by atomic mass is 10.1. The molecule has 2 N–H and O–H groups in total. The van der Waals surface area contributed by atoms with E-state index < -0.39 is 0 Å². The van der Waals surface area contributed by atoms with Crippen LogP contribution in [-0.2, 0) is 4.74 Å². The Balaban J connectivity index is 0.00000162. The van der Waals surface area contributed by atoms with Gasteiger partial charge in [0.25, 0.3) is 5.91 Å².